The maximum Gasteiger partial charge on any atom is 0.240 e. The van der Waals surface area contributed by atoms with E-state index >= 15 is 0 Å². The van der Waals surface area contributed by atoms with Gasteiger partial charge in [0.05, 0.1) is 11.0 Å². The van der Waals surface area contributed by atoms with Crippen LogP contribution in [0.15, 0.2) is 48.8 Å². The van der Waals surface area contributed by atoms with Crippen molar-refractivity contribution in [3.8, 4) is 11.4 Å². The molecule has 3 rings (SSSR count). The average molecular weight is 294 g/mol. The van der Waals surface area contributed by atoms with E-state index in [1.54, 1.807) is 12.4 Å². The number of hydrogen-bond acceptors (Lipinski definition) is 3. The van der Waals surface area contributed by atoms with Gasteiger partial charge in [0.25, 0.3) is 0 Å². The molecule has 2 heterocycles. The Morgan fingerprint density at radius 3 is 2.86 bits per heavy atom. The molecule has 3 aromatic rings. The van der Waals surface area contributed by atoms with E-state index in [1.165, 1.54) is 0 Å². The SMILES string of the molecule is CCCNC(=O)Cn1c(-c2cccnc2)nc2ccccc21. The van der Waals surface area contributed by atoms with E-state index in [9.17, 15) is 4.79 Å². The number of fused-ring (bicyclic) bond motifs is 1. The van der Waals surface area contributed by atoms with Crippen molar-refractivity contribution in [2.75, 3.05) is 6.54 Å². The highest BCUT2D eigenvalue weighted by Crippen LogP contribution is 2.23. The molecule has 112 valence electrons. The van der Waals surface area contributed by atoms with Crippen LogP contribution in [0.3, 0.4) is 0 Å². The first-order chi connectivity index (χ1) is 10.8. The minimum absolute atomic E-state index is 0.00450. The lowest BCUT2D eigenvalue weighted by Crippen LogP contribution is -2.28. The number of pyridine rings is 1. The van der Waals surface area contributed by atoms with Crippen LogP contribution in [0.5, 0.6) is 0 Å². The lowest BCUT2D eigenvalue weighted by molar-refractivity contribution is -0.121. The number of nitrogens with one attached hydrogen (secondary N) is 1. The first-order valence-electron chi connectivity index (χ1n) is 7.42. The highest BCUT2D eigenvalue weighted by Gasteiger charge is 2.14. The fourth-order valence-corrected chi connectivity index (χ4v) is 2.41. The molecule has 5 nitrogen and oxygen atoms in total. The molecule has 0 fully saturated rings. The van der Waals surface area contributed by atoms with E-state index in [0.717, 1.165) is 28.8 Å². The maximum absolute atomic E-state index is 12.1. The Hall–Kier alpha value is -2.69. The molecule has 2 aromatic heterocycles. The molecule has 0 radical (unpaired) electrons. The summed E-state index contributed by atoms with van der Waals surface area (Å²) in [6, 6.07) is 11.7. The third-order valence-electron chi connectivity index (χ3n) is 3.45. The molecule has 0 bridgehead atoms. The van der Waals surface area contributed by atoms with E-state index in [2.05, 4.69) is 15.3 Å². The molecule has 0 saturated heterocycles. The third-order valence-corrected chi connectivity index (χ3v) is 3.45. The van der Waals surface area contributed by atoms with E-state index in [1.807, 2.05) is 47.9 Å². The van der Waals surface area contributed by atoms with Crippen molar-refractivity contribution in [3.05, 3.63) is 48.8 Å². The van der Waals surface area contributed by atoms with Crippen LogP contribution in [0.4, 0.5) is 0 Å². The Kier molecular flexibility index (Phi) is 4.14. The predicted molar refractivity (Wildman–Crippen MR) is 86.3 cm³/mol. The second kappa shape index (κ2) is 6.39. The van der Waals surface area contributed by atoms with Gasteiger partial charge in [0.15, 0.2) is 0 Å². The molecule has 0 atom stereocenters. The number of amides is 1. The van der Waals surface area contributed by atoms with Crippen LogP contribution in [-0.2, 0) is 11.3 Å². The number of rotatable bonds is 5. The number of carbonyl (C=O) groups is 1. The van der Waals surface area contributed by atoms with Gasteiger partial charge in [0.2, 0.25) is 5.91 Å². The summed E-state index contributed by atoms with van der Waals surface area (Å²) in [5.74, 6) is 0.760. The van der Waals surface area contributed by atoms with Crippen LogP contribution in [0.1, 0.15) is 13.3 Å². The predicted octanol–water partition coefficient (Wildman–Crippen LogP) is 2.62. The monoisotopic (exact) mass is 294 g/mol. The summed E-state index contributed by atoms with van der Waals surface area (Å²) in [7, 11) is 0. The molecule has 0 aliphatic carbocycles. The van der Waals surface area contributed by atoms with Crippen LogP contribution >= 0.6 is 0 Å². The average Bonchev–Trinajstić information content (AvgIpc) is 2.92. The topological polar surface area (TPSA) is 59.8 Å². The van der Waals surface area contributed by atoms with Crippen LogP contribution in [0, 0.1) is 0 Å². The summed E-state index contributed by atoms with van der Waals surface area (Å²) in [6.45, 7) is 2.98. The van der Waals surface area contributed by atoms with Crippen molar-refractivity contribution >= 4 is 16.9 Å². The van der Waals surface area contributed by atoms with Gasteiger partial charge in [-0.1, -0.05) is 19.1 Å². The van der Waals surface area contributed by atoms with Crippen molar-refractivity contribution in [2.24, 2.45) is 0 Å². The van der Waals surface area contributed by atoms with Crippen molar-refractivity contribution in [3.63, 3.8) is 0 Å². The van der Waals surface area contributed by atoms with E-state index in [0.29, 0.717) is 6.54 Å². The first kappa shape index (κ1) is 14.3. The van der Waals surface area contributed by atoms with E-state index in [4.69, 9.17) is 0 Å². The highest BCUT2D eigenvalue weighted by molar-refractivity contribution is 5.84. The maximum atomic E-state index is 12.1. The molecule has 0 spiro atoms. The summed E-state index contributed by atoms with van der Waals surface area (Å²) in [6.07, 6.45) is 4.41. The van der Waals surface area contributed by atoms with Gasteiger partial charge in [-0.2, -0.15) is 0 Å². The van der Waals surface area contributed by atoms with E-state index in [-0.39, 0.29) is 12.5 Å². The van der Waals surface area contributed by atoms with Crippen molar-refractivity contribution in [2.45, 2.75) is 19.9 Å². The molecule has 22 heavy (non-hydrogen) atoms. The molecule has 0 aliphatic heterocycles. The van der Waals surface area contributed by atoms with Crippen molar-refractivity contribution < 1.29 is 4.79 Å². The summed E-state index contributed by atoms with van der Waals surface area (Å²) < 4.78 is 1.94. The van der Waals surface area contributed by atoms with Crippen LogP contribution in [0.2, 0.25) is 0 Å². The number of hydrogen-bond donors (Lipinski definition) is 1. The summed E-state index contributed by atoms with van der Waals surface area (Å²) >= 11 is 0. The molecular formula is C17H18N4O. The zero-order valence-electron chi connectivity index (χ0n) is 12.5. The molecule has 0 saturated carbocycles. The second-order valence-corrected chi connectivity index (χ2v) is 5.10. The molecular weight excluding hydrogens is 276 g/mol. The zero-order chi connectivity index (χ0) is 15.4. The lowest BCUT2D eigenvalue weighted by atomic mass is 10.2. The molecule has 1 aromatic carbocycles. The van der Waals surface area contributed by atoms with Crippen molar-refractivity contribution in [1.29, 1.82) is 0 Å². The van der Waals surface area contributed by atoms with Gasteiger partial charge in [-0.25, -0.2) is 4.98 Å². The van der Waals surface area contributed by atoms with Crippen LogP contribution < -0.4 is 5.32 Å². The highest BCUT2D eigenvalue weighted by atomic mass is 16.1. The first-order valence-corrected chi connectivity index (χ1v) is 7.42. The largest absolute Gasteiger partial charge is 0.355 e. The lowest BCUT2D eigenvalue weighted by Gasteiger charge is -2.09. The Morgan fingerprint density at radius 2 is 2.09 bits per heavy atom. The van der Waals surface area contributed by atoms with Gasteiger partial charge in [0, 0.05) is 24.5 Å². The minimum Gasteiger partial charge on any atom is -0.355 e. The van der Waals surface area contributed by atoms with E-state index < -0.39 is 0 Å². The Bertz CT molecular complexity index is 780. The Labute approximate surface area is 129 Å². The van der Waals surface area contributed by atoms with Gasteiger partial charge < -0.3 is 9.88 Å². The number of nitrogens with zero attached hydrogens (tertiary/aromatic N) is 3. The molecule has 1 amide bonds. The van der Waals surface area contributed by atoms with Crippen molar-refractivity contribution in [1.82, 2.24) is 19.9 Å². The normalized spacial score (nSPS) is 10.8. The molecule has 1 N–H and O–H groups in total. The summed E-state index contributed by atoms with van der Waals surface area (Å²) in [5.41, 5.74) is 2.74. The van der Waals surface area contributed by atoms with Crippen LogP contribution in [0.25, 0.3) is 22.4 Å². The molecule has 0 unspecified atom stereocenters. The summed E-state index contributed by atoms with van der Waals surface area (Å²) in [5, 5.41) is 2.91. The van der Waals surface area contributed by atoms with Gasteiger partial charge >= 0.3 is 0 Å². The Morgan fingerprint density at radius 1 is 1.23 bits per heavy atom. The minimum atomic E-state index is -0.00450. The quantitative estimate of drug-likeness (QED) is 0.787. The molecule has 5 heteroatoms. The third kappa shape index (κ3) is 2.83. The van der Waals surface area contributed by atoms with Gasteiger partial charge in [-0.05, 0) is 30.7 Å². The number of aromatic nitrogens is 3. The van der Waals surface area contributed by atoms with Gasteiger partial charge in [-0.3, -0.25) is 9.78 Å². The Balaban J connectivity index is 2.04. The number of carbonyl (C=O) groups excluding carboxylic acids is 1. The zero-order valence-corrected chi connectivity index (χ0v) is 12.5. The molecule has 0 aliphatic rings. The summed E-state index contributed by atoms with van der Waals surface area (Å²) in [4.78, 5) is 20.9. The van der Waals surface area contributed by atoms with Crippen LogP contribution in [-0.4, -0.2) is 27.0 Å². The standard InChI is InChI=1S/C17H18N4O/c1-2-9-19-16(22)12-21-15-8-4-3-7-14(15)20-17(21)13-6-5-10-18-11-13/h3-8,10-11H,2,9,12H2,1H3,(H,19,22). The van der Waals surface area contributed by atoms with Gasteiger partial charge in [0.1, 0.15) is 12.4 Å². The number of benzene rings is 1. The number of para-hydroxylation sites is 2. The fraction of sp³-hybridized carbons (Fsp3) is 0.235. The fourth-order valence-electron chi connectivity index (χ4n) is 2.41. The van der Waals surface area contributed by atoms with Gasteiger partial charge in [-0.15, -0.1) is 0 Å². The second-order valence-electron chi connectivity index (χ2n) is 5.10. The smallest absolute Gasteiger partial charge is 0.240 e. The number of imidazole rings is 1.